The highest BCUT2D eigenvalue weighted by atomic mass is 16.5. The molecule has 0 aromatic heterocycles. The third kappa shape index (κ3) is 2.96. The van der Waals surface area contributed by atoms with Gasteiger partial charge < -0.3 is 14.9 Å². The molecule has 3 saturated carbocycles. The van der Waals surface area contributed by atoms with Crippen molar-refractivity contribution in [2.45, 2.75) is 112 Å². The van der Waals surface area contributed by atoms with Gasteiger partial charge in [0, 0.05) is 0 Å². The summed E-state index contributed by atoms with van der Waals surface area (Å²) in [4.78, 5) is 13.4. The van der Waals surface area contributed by atoms with E-state index in [0.29, 0.717) is 24.2 Å². The first kappa shape index (κ1) is 25.5. The molecule has 5 aliphatic carbocycles. The second-order valence-electron chi connectivity index (χ2n) is 14.4. The van der Waals surface area contributed by atoms with Crippen LogP contribution in [-0.4, -0.2) is 35.5 Å². The van der Waals surface area contributed by atoms with Crippen molar-refractivity contribution in [1.29, 1.82) is 0 Å². The highest BCUT2D eigenvalue weighted by Gasteiger charge is 2.69. The van der Waals surface area contributed by atoms with Gasteiger partial charge in [-0.05, 0) is 109 Å². The Hall–Kier alpha value is -1.13. The highest BCUT2D eigenvalue weighted by Crippen LogP contribution is 2.75. The Labute approximate surface area is 212 Å². The fourth-order valence-corrected chi connectivity index (χ4v) is 10.6. The lowest BCUT2D eigenvalue weighted by molar-refractivity contribution is -0.228. The fourth-order valence-electron chi connectivity index (χ4n) is 10.6. The van der Waals surface area contributed by atoms with E-state index in [1.807, 2.05) is 0 Å². The molecule has 0 aromatic rings. The number of hydrogen-bond donors (Lipinski definition) is 2. The summed E-state index contributed by atoms with van der Waals surface area (Å²) in [5.41, 5.74) is 3.37. The van der Waals surface area contributed by atoms with Crippen LogP contribution >= 0.6 is 0 Å². The molecule has 0 heterocycles. The lowest BCUT2D eigenvalue weighted by atomic mass is 9.34. The van der Waals surface area contributed by atoms with Crippen LogP contribution in [0.4, 0.5) is 0 Å². The summed E-state index contributed by atoms with van der Waals surface area (Å²) in [6.45, 7) is 16.3. The minimum atomic E-state index is -0.672. The Morgan fingerprint density at radius 3 is 2.34 bits per heavy atom. The van der Waals surface area contributed by atoms with Crippen molar-refractivity contribution in [2.24, 2.45) is 44.8 Å². The minimum Gasteiger partial charge on any atom is -0.468 e. The summed E-state index contributed by atoms with van der Waals surface area (Å²) in [5.74, 6) is 1.27. The molecule has 3 fully saturated rings. The van der Waals surface area contributed by atoms with Gasteiger partial charge in [0.15, 0.2) is 0 Å². The van der Waals surface area contributed by atoms with E-state index < -0.39 is 17.6 Å². The standard InChI is InChI=1S/C31H48O4/c1-18-11-14-31(26(34)35-8)16-15-29(6)20(24(31)19(18)2)9-10-23-28(5)17-21(32)25(33)27(3,4)22(28)12-13-30(23,29)7/h9,18,21-23,25,32-33H,10-17H2,1-8H3/t18-,21-,22+,23-,25+,28+,29-,30-,31+/m1/s1. The maximum Gasteiger partial charge on any atom is 0.316 e. The van der Waals surface area contributed by atoms with Gasteiger partial charge in [0.1, 0.15) is 0 Å². The van der Waals surface area contributed by atoms with Crippen LogP contribution in [0, 0.1) is 44.8 Å². The monoisotopic (exact) mass is 484 g/mol. The second kappa shape index (κ2) is 7.69. The minimum absolute atomic E-state index is 0.0137. The molecule has 0 amide bonds. The van der Waals surface area contributed by atoms with E-state index in [2.05, 4.69) is 54.5 Å². The van der Waals surface area contributed by atoms with Gasteiger partial charge in [-0.1, -0.05) is 53.2 Å². The zero-order chi connectivity index (χ0) is 25.8. The lowest BCUT2D eigenvalue weighted by Crippen LogP contribution is -2.66. The van der Waals surface area contributed by atoms with E-state index in [0.717, 1.165) is 44.9 Å². The van der Waals surface area contributed by atoms with Crippen molar-refractivity contribution in [3.8, 4) is 0 Å². The van der Waals surface area contributed by atoms with E-state index in [9.17, 15) is 15.0 Å². The third-order valence-electron chi connectivity index (χ3n) is 12.9. The molecule has 0 spiro atoms. The van der Waals surface area contributed by atoms with Crippen molar-refractivity contribution in [1.82, 2.24) is 0 Å². The van der Waals surface area contributed by atoms with Gasteiger partial charge in [-0.2, -0.15) is 0 Å². The number of rotatable bonds is 1. The third-order valence-corrected chi connectivity index (χ3v) is 12.9. The summed E-state index contributed by atoms with van der Waals surface area (Å²) in [7, 11) is 1.55. The van der Waals surface area contributed by atoms with Gasteiger partial charge in [0.2, 0.25) is 0 Å². The van der Waals surface area contributed by atoms with Crippen molar-refractivity contribution >= 4 is 5.97 Å². The van der Waals surface area contributed by atoms with Crippen LogP contribution in [0.3, 0.4) is 0 Å². The molecule has 4 nitrogen and oxygen atoms in total. The van der Waals surface area contributed by atoms with Crippen LogP contribution in [0.15, 0.2) is 22.8 Å². The smallest absolute Gasteiger partial charge is 0.316 e. The molecule has 9 atom stereocenters. The Morgan fingerprint density at radius 2 is 1.69 bits per heavy atom. The van der Waals surface area contributed by atoms with E-state index in [1.165, 1.54) is 16.7 Å². The van der Waals surface area contributed by atoms with Crippen LogP contribution in [0.25, 0.3) is 0 Å². The van der Waals surface area contributed by atoms with Gasteiger partial charge in [0.05, 0.1) is 24.7 Å². The molecule has 4 heteroatoms. The van der Waals surface area contributed by atoms with Crippen LogP contribution < -0.4 is 0 Å². The summed E-state index contributed by atoms with van der Waals surface area (Å²) < 4.78 is 5.46. The van der Waals surface area contributed by atoms with E-state index in [4.69, 9.17) is 4.74 Å². The average Bonchev–Trinajstić information content (AvgIpc) is 2.79. The maximum absolute atomic E-state index is 13.4. The molecular formula is C31H48O4. The van der Waals surface area contributed by atoms with E-state index >= 15 is 0 Å². The summed E-state index contributed by atoms with van der Waals surface area (Å²) >= 11 is 0. The zero-order valence-electron chi connectivity index (χ0n) is 23.3. The molecule has 0 bridgehead atoms. The number of fused-ring (bicyclic) bond motifs is 7. The molecular weight excluding hydrogens is 436 g/mol. The SMILES string of the molecule is COC(=O)[C@]12CC[C@@H](C)C(C)=C1C1=CC[C@@H]3[C@@]4(C)C[C@@H](O)[C@H](O)C(C)(C)[C@@H]4CC[C@@]3(C)[C@]1(C)CC2. The number of hydrogen-bond acceptors (Lipinski definition) is 4. The molecule has 0 radical (unpaired) electrons. The Bertz CT molecular complexity index is 992. The van der Waals surface area contributed by atoms with Crippen molar-refractivity contribution < 1.29 is 19.7 Å². The Kier molecular flexibility index (Phi) is 5.61. The number of aliphatic hydroxyl groups excluding tert-OH is 2. The van der Waals surface area contributed by atoms with Crippen LogP contribution in [0.5, 0.6) is 0 Å². The van der Waals surface area contributed by atoms with Gasteiger partial charge in [0.25, 0.3) is 0 Å². The molecule has 0 saturated heterocycles. The zero-order valence-corrected chi connectivity index (χ0v) is 23.3. The van der Waals surface area contributed by atoms with E-state index in [1.54, 1.807) is 7.11 Å². The molecule has 5 rings (SSSR count). The molecule has 35 heavy (non-hydrogen) atoms. The predicted molar refractivity (Wildman–Crippen MR) is 138 cm³/mol. The molecule has 196 valence electrons. The van der Waals surface area contributed by atoms with Gasteiger partial charge in [-0.15, -0.1) is 0 Å². The topological polar surface area (TPSA) is 66.8 Å². The number of allylic oxidation sites excluding steroid dienone is 3. The molecule has 0 aromatic carbocycles. The van der Waals surface area contributed by atoms with Crippen molar-refractivity contribution in [3.05, 3.63) is 22.8 Å². The lowest BCUT2D eigenvalue weighted by Gasteiger charge is -2.70. The first-order valence-corrected chi connectivity index (χ1v) is 14.1. The summed E-state index contributed by atoms with van der Waals surface area (Å²) in [6, 6.07) is 0. The van der Waals surface area contributed by atoms with Crippen LogP contribution in [0.1, 0.15) is 99.8 Å². The summed E-state index contributed by atoms with van der Waals surface area (Å²) in [6.07, 6.45) is 8.83. The van der Waals surface area contributed by atoms with Crippen LogP contribution in [-0.2, 0) is 9.53 Å². The number of carbonyl (C=O) groups excluding carboxylic acids is 1. The first-order valence-electron chi connectivity index (χ1n) is 14.1. The molecule has 0 unspecified atom stereocenters. The largest absolute Gasteiger partial charge is 0.468 e. The maximum atomic E-state index is 13.4. The number of carbonyl (C=O) groups is 1. The normalized spacial score (nSPS) is 50.8. The number of aliphatic hydroxyl groups is 2. The Balaban J connectivity index is 1.66. The molecule has 0 aliphatic heterocycles. The predicted octanol–water partition coefficient (Wildman–Crippen LogP) is 6.21. The second-order valence-corrected chi connectivity index (χ2v) is 14.4. The average molecular weight is 485 g/mol. The Morgan fingerprint density at radius 1 is 1.00 bits per heavy atom. The first-order chi connectivity index (χ1) is 16.2. The van der Waals surface area contributed by atoms with Gasteiger partial charge in [-0.25, -0.2) is 0 Å². The number of methoxy groups -OCH3 is 1. The highest BCUT2D eigenvalue weighted by molar-refractivity contribution is 5.84. The van der Waals surface area contributed by atoms with Crippen LogP contribution in [0.2, 0.25) is 0 Å². The van der Waals surface area contributed by atoms with Crippen molar-refractivity contribution in [2.75, 3.05) is 7.11 Å². The number of esters is 1. The van der Waals surface area contributed by atoms with Gasteiger partial charge >= 0.3 is 5.97 Å². The van der Waals surface area contributed by atoms with Gasteiger partial charge in [-0.3, -0.25) is 4.79 Å². The quantitative estimate of drug-likeness (QED) is 0.434. The molecule has 5 aliphatic rings. The number of ether oxygens (including phenoxy) is 1. The molecule has 2 N–H and O–H groups in total. The van der Waals surface area contributed by atoms with Crippen molar-refractivity contribution in [3.63, 3.8) is 0 Å². The van der Waals surface area contributed by atoms with E-state index in [-0.39, 0.29) is 27.6 Å². The fraction of sp³-hybridized carbons (Fsp3) is 0.839. The summed E-state index contributed by atoms with van der Waals surface area (Å²) in [5, 5.41) is 21.9.